The van der Waals surface area contributed by atoms with Gasteiger partial charge in [0.1, 0.15) is 11.9 Å². The molecular weight excluding hydrogens is 562 g/mol. The fraction of sp³-hybridized carbons (Fsp3) is 0.533. The Balaban J connectivity index is 1.34. The van der Waals surface area contributed by atoms with E-state index in [1.807, 2.05) is 30.3 Å². The molecule has 3 fully saturated rings. The molecule has 2 saturated heterocycles. The quantitative estimate of drug-likeness (QED) is 0.336. The number of rotatable bonds is 12. The van der Waals surface area contributed by atoms with E-state index in [9.17, 15) is 23.1 Å². The number of ether oxygens (including phenoxy) is 3. The number of aliphatic hydroxyl groups excluding tert-OH is 1. The molecule has 1 aliphatic carbocycles. The highest BCUT2D eigenvalue weighted by atomic mass is 32.2. The third-order valence-electron chi connectivity index (χ3n) is 8.40. The minimum atomic E-state index is -4.08. The molecule has 2 aromatic rings. The number of carbonyl (C=O) groups is 2. The molecule has 0 unspecified atom stereocenters. The van der Waals surface area contributed by atoms with Crippen molar-refractivity contribution in [1.29, 1.82) is 0 Å². The molecule has 0 radical (unpaired) electrons. The van der Waals surface area contributed by atoms with Gasteiger partial charge in [0.15, 0.2) is 0 Å². The molecular formula is C30H39N3O8S. The van der Waals surface area contributed by atoms with Crippen molar-refractivity contribution in [2.24, 2.45) is 5.92 Å². The van der Waals surface area contributed by atoms with E-state index in [0.717, 1.165) is 24.8 Å². The highest BCUT2D eigenvalue weighted by Gasteiger charge is 2.43. The van der Waals surface area contributed by atoms with Crippen molar-refractivity contribution in [1.82, 2.24) is 14.9 Å². The Bertz CT molecular complexity index is 1320. The maximum atomic E-state index is 13.8. The van der Waals surface area contributed by atoms with Crippen LogP contribution in [0, 0.1) is 5.92 Å². The molecule has 2 aromatic carbocycles. The van der Waals surface area contributed by atoms with E-state index in [4.69, 9.17) is 14.2 Å². The first-order chi connectivity index (χ1) is 20.2. The van der Waals surface area contributed by atoms with Gasteiger partial charge >= 0.3 is 6.09 Å². The molecule has 0 aromatic heterocycles. The van der Waals surface area contributed by atoms with Crippen LogP contribution in [0.3, 0.4) is 0 Å². The van der Waals surface area contributed by atoms with Gasteiger partial charge in [0.25, 0.3) is 0 Å². The molecule has 12 heteroatoms. The van der Waals surface area contributed by atoms with Crippen LogP contribution < -0.4 is 15.4 Å². The Morgan fingerprint density at radius 1 is 1.12 bits per heavy atom. The van der Waals surface area contributed by atoms with Gasteiger partial charge in [-0.2, -0.15) is 4.31 Å². The third kappa shape index (κ3) is 7.23. The smallest absolute Gasteiger partial charge is 0.407 e. The van der Waals surface area contributed by atoms with Crippen LogP contribution in [0.25, 0.3) is 0 Å². The summed E-state index contributed by atoms with van der Waals surface area (Å²) in [5.41, 5.74) is 0.861. The lowest BCUT2D eigenvalue weighted by Gasteiger charge is -2.31. The van der Waals surface area contributed by atoms with Crippen molar-refractivity contribution >= 4 is 22.0 Å². The van der Waals surface area contributed by atoms with Gasteiger partial charge in [-0.3, -0.25) is 4.79 Å². The molecule has 228 valence electrons. The van der Waals surface area contributed by atoms with Crippen LogP contribution in [0.2, 0.25) is 0 Å². The maximum Gasteiger partial charge on any atom is 0.407 e. The number of sulfonamides is 1. The normalized spacial score (nSPS) is 25.1. The summed E-state index contributed by atoms with van der Waals surface area (Å²) in [5.74, 6) is 0.530. The lowest BCUT2D eigenvalue weighted by molar-refractivity contribution is -0.119. The molecule has 5 rings (SSSR count). The number of carbonyl (C=O) groups excluding carboxylic acids is 2. The molecule has 1 saturated carbocycles. The molecule has 42 heavy (non-hydrogen) atoms. The number of hydrogen-bond donors (Lipinski definition) is 3. The average Bonchev–Trinajstić information content (AvgIpc) is 3.72. The molecule has 0 bridgehead atoms. The molecule has 2 amide bonds. The van der Waals surface area contributed by atoms with Crippen LogP contribution in [0.15, 0.2) is 59.5 Å². The minimum absolute atomic E-state index is 0.0230. The lowest BCUT2D eigenvalue weighted by atomic mass is 10.0. The molecule has 11 nitrogen and oxygen atoms in total. The van der Waals surface area contributed by atoms with Crippen molar-refractivity contribution in [2.45, 2.75) is 73.8 Å². The fourth-order valence-corrected chi connectivity index (χ4v) is 7.62. The predicted octanol–water partition coefficient (Wildman–Crippen LogP) is 2.23. The van der Waals surface area contributed by atoms with Crippen LogP contribution >= 0.6 is 0 Å². The van der Waals surface area contributed by atoms with Gasteiger partial charge in [-0.25, -0.2) is 13.2 Å². The number of amides is 2. The van der Waals surface area contributed by atoms with E-state index in [1.54, 1.807) is 12.1 Å². The van der Waals surface area contributed by atoms with Crippen molar-refractivity contribution in [3.8, 4) is 5.75 Å². The van der Waals surface area contributed by atoms with Crippen molar-refractivity contribution in [3.05, 3.63) is 60.2 Å². The van der Waals surface area contributed by atoms with Crippen LogP contribution in [0.5, 0.6) is 5.75 Å². The van der Waals surface area contributed by atoms with Gasteiger partial charge in [-0.15, -0.1) is 0 Å². The average molecular weight is 602 g/mol. The van der Waals surface area contributed by atoms with Crippen LogP contribution in [0.1, 0.15) is 37.7 Å². The van der Waals surface area contributed by atoms with E-state index in [2.05, 4.69) is 10.6 Å². The van der Waals surface area contributed by atoms with Gasteiger partial charge in [-0.05, 0) is 61.9 Å². The first-order valence-corrected chi connectivity index (χ1v) is 15.9. The Hall–Kier alpha value is -3.19. The van der Waals surface area contributed by atoms with Gasteiger partial charge in [-0.1, -0.05) is 30.3 Å². The topological polar surface area (TPSA) is 144 Å². The second-order valence-electron chi connectivity index (χ2n) is 11.2. The van der Waals surface area contributed by atoms with Crippen molar-refractivity contribution in [3.63, 3.8) is 0 Å². The molecule has 6 atom stereocenters. The molecule has 2 heterocycles. The summed E-state index contributed by atoms with van der Waals surface area (Å²) in [6.45, 7) is 0.331. The van der Waals surface area contributed by atoms with Gasteiger partial charge in [0.05, 0.1) is 30.3 Å². The number of nitrogens with zero attached hydrogens (tertiary/aromatic N) is 1. The Kier molecular flexibility index (Phi) is 9.67. The highest BCUT2D eigenvalue weighted by Crippen LogP contribution is 2.37. The van der Waals surface area contributed by atoms with E-state index in [-0.39, 0.29) is 48.4 Å². The zero-order valence-electron chi connectivity index (χ0n) is 23.7. The van der Waals surface area contributed by atoms with Gasteiger partial charge in [0.2, 0.25) is 15.9 Å². The van der Waals surface area contributed by atoms with E-state index in [1.165, 1.54) is 23.5 Å². The standard InChI is InChI=1S/C30H39N3O8S/c1-39-22-8-10-23(11-9-22)42(37,38)33(18-21-7-14-29(35)31-21)19-26(34)25(17-20-5-3-2-4-6-20)32-30(36)41-28-13-12-27-24(28)15-16-40-27/h2-6,8-11,21,24-28,34H,7,12-19H2,1H3,(H,31,35)(H,32,36)/t21-,24+,25-,26+,27+,28-/m0/s1. The van der Waals surface area contributed by atoms with Gasteiger partial charge in [0, 0.05) is 38.1 Å². The molecule has 0 spiro atoms. The number of benzene rings is 2. The Morgan fingerprint density at radius 2 is 1.88 bits per heavy atom. The van der Waals surface area contributed by atoms with E-state index < -0.39 is 34.3 Å². The summed E-state index contributed by atoms with van der Waals surface area (Å²) in [7, 11) is -2.59. The maximum absolute atomic E-state index is 13.8. The number of methoxy groups -OCH3 is 1. The monoisotopic (exact) mass is 601 g/mol. The minimum Gasteiger partial charge on any atom is -0.497 e. The first-order valence-electron chi connectivity index (χ1n) is 14.5. The summed E-state index contributed by atoms with van der Waals surface area (Å²) >= 11 is 0. The Morgan fingerprint density at radius 3 is 2.57 bits per heavy atom. The Labute approximate surface area is 246 Å². The number of hydrogen-bond acceptors (Lipinski definition) is 8. The first kappa shape index (κ1) is 30.3. The largest absolute Gasteiger partial charge is 0.497 e. The van der Waals surface area contributed by atoms with E-state index in [0.29, 0.717) is 25.2 Å². The number of fused-ring (bicyclic) bond motifs is 1. The zero-order valence-corrected chi connectivity index (χ0v) is 24.5. The summed E-state index contributed by atoms with van der Waals surface area (Å²) in [4.78, 5) is 25.0. The van der Waals surface area contributed by atoms with Crippen LogP contribution in [-0.2, 0) is 30.7 Å². The predicted molar refractivity (Wildman–Crippen MR) is 153 cm³/mol. The second-order valence-corrected chi connectivity index (χ2v) is 13.1. The van der Waals surface area contributed by atoms with E-state index >= 15 is 0 Å². The SMILES string of the molecule is COc1ccc(S(=O)(=O)N(C[C@@H]2CCC(=O)N2)C[C@@H](O)[C@H](Cc2ccccc2)NC(=O)O[C@H]2CC[C@H]3OCC[C@@H]23)cc1. The molecule has 3 aliphatic rings. The number of alkyl carbamates (subject to hydrolysis) is 1. The van der Waals surface area contributed by atoms with Crippen LogP contribution in [-0.4, -0.2) is 87.0 Å². The number of nitrogens with one attached hydrogen (secondary N) is 2. The third-order valence-corrected chi connectivity index (χ3v) is 10.2. The highest BCUT2D eigenvalue weighted by molar-refractivity contribution is 7.89. The summed E-state index contributed by atoms with van der Waals surface area (Å²) in [5, 5.41) is 17.2. The zero-order chi connectivity index (χ0) is 29.7. The van der Waals surface area contributed by atoms with Crippen LogP contribution in [0.4, 0.5) is 4.79 Å². The lowest BCUT2D eigenvalue weighted by Crippen LogP contribution is -2.52. The summed E-state index contributed by atoms with van der Waals surface area (Å²) in [6.07, 6.45) is 1.36. The van der Waals surface area contributed by atoms with Crippen molar-refractivity contribution < 1.29 is 37.3 Å². The summed E-state index contributed by atoms with van der Waals surface area (Å²) < 4.78 is 45.5. The van der Waals surface area contributed by atoms with Crippen molar-refractivity contribution in [2.75, 3.05) is 26.8 Å². The number of aliphatic hydroxyl groups is 1. The molecule has 2 aliphatic heterocycles. The second kappa shape index (κ2) is 13.4. The fourth-order valence-electron chi connectivity index (χ4n) is 6.11. The summed E-state index contributed by atoms with van der Waals surface area (Å²) in [6, 6.07) is 14.1. The molecule has 3 N–H and O–H groups in total. The van der Waals surface area contributed by atoms with Gasteiger partial charge < -0.3 is 30.0 Å².